The van der Waals surface area contributed by atoms with Gasteiger partial charge in [-0.3, -0.25) is 9.79 Å². The second kappa shape index (κ2) is 8.11. The molecule has 0 aromatic heterocycles. The zero-order chi connectivity index (χ0) is 19.6. The van der Waals surface area contributed by atoms with Gasteiger partial charge in [0.05, 0.1) is 0 Å². The number of carbonyl (C=O) groups is 1. The standard InChI is InChI=1S/C22H32N4O2/c1-17-6-3-4-7-18(17)22(9-10-22)16-24-21(23-2)26-13-11-25(12-14-26)20(27)19-8-5-15-28-19/h3-4,6-7,19H,5,8-16H2,1-2H3,(H,23,24). The molecule has 3 fully saturated rings. The number of carbonyl (C=O) groups excluding carboxylic acids is 1. The largest absolute Gasteiger partial charge is 0.368 e. The summed E-state index contributed by atoms with van der Waals surface area (Å²) in [7, 11) is 1.85. The van der Waals surface area contributed by atoms with E-state index >= 15 is 0 Å². The second-order valence-electron chi connectivity index (χ2n) is 8.31. The van der Waals surface area contributed by atoms with Gasteiger partial charge < -0.3 is 19.9 Å². The summed E-state index contributed by atoms with van der Waals surface area (Å²) in [5, 5.41) is 3.61. The number of hydrogen-bond acceptors (Lipinski definition) is 3. The maximum absolute atomic E-state index is 12.5. The van der Waals surface area contributed by atoms with Crippen LogP contribution in [0.1, 0.15) is 36.8 Å². The Balaban J connectivity index is 1.31. The molecular weight excluding hydrogens is 352 g/mol. The zero-order valence-electron chi connectivity index (χ0n) is 17.1. The number of ether oxygens (including phenoxy) is 1. The van der Waals surface area contributed by atoms with E-state index in [-0.39, 0.29) is 17.4 Å². The maximum atomic E-state index is 12.5. The highest BCUT2D eigenvalue weighted by atomic mass is 16.5. The molecule has 1 saturated carbocycles. The Morgan fingerprint density at radius 2 is 1.93 bits per heavy atom. The average Bonchev–Trinajstić information content (AvgIpc) is 3.30. The van der Waals surface area contributed by atoms with Gasteiger partial charge in [0.1, 0.15) is 6.10 Å². The molecule has 1 aliphatic carbocycles. The Morgan fingerprint density at radius 3 is 2.54 bits per heavy atom. The molecule has 2 heterocycles. The number of nitrogens with zero attached hydrogens (tertiary/aromatic N) is 3. The summed E-state index contributed by atoms with van der Waals surface area (Å²) in [6.45, 7) is 6.94. The molecule has 6 heteroatoms. The zero-order valence-corrected chi connectivity index (χ0v) is 17.1. The Morgan fingerprint density at radius 1 is 1.21 bits per heavy atom. The van der Waals surface area contributed by atoms with Crippen LogP contribution < -0.4 is 5.32 Å². The van der Waals surface area contributed by atoms with E-state index < -0.39 is 0 Å². The van der Waals surface area contributed by atoms with E-state index in [2.05, 4.69) is 46.4 Å². The van der Waals surface area contributed by atoms with Crippen LogP contribution in [0.15, 0.2) is 29.3 Å². The van der Waals surface area contributed by atoms with Gasteiger partial charge in [-0.2, -0.15) is 0 Å². The minimum Gasteiger partial charge on any atom is -0.368 e. The average molecular weight is 385 g/mol. The summed E-state index contributed by atoms with van der Waals surface area (Å²) < 4.78 is 5.56. The van der Waals surface area contributed by atoms with Gasteiger partial charge in [-0.1, -0.05) is 24.3 Å². The minimum atomic E-state index is -0.215. The molecule has 2 saturated heterocycles. The summed E-state index contributed by atoms with van der Waals surface area (Å²) in [6.07, 6.45) is 4.10. The van der Waals surface area contributed by atoms with E-state index in [0.29, 0.717) is 0 Å². The van der Waals surface area contributed by atoms with Crippen LogP contribution in [0.5, 0.6) is 0 Å². The molecule has 1 aromatic carbocycles. The molecular formula is C22H32N4O2. The van der Waals surface area contributed by atoms with Crippen LogP contribution in [0.3, 0.4) is 0 Å². The molecule has 1 atom stereocenters. The summed E-state index contributed by atoms with van der Waals surface area (Å²) >= 11 is 0. The predicted molar refractivity (Wildman–Crippen MR) is 111 cm³/mol. The molecule has 1 N–H and O–H groups in total. The lowest BCUT2D eigenvalue weighted by atomic mass is 9.92. The number of benzene rings is 1. The lowest BCUT2D eigenvalue weighted by Crippen LogP contribution is -2.55. The molecule has 0 radical (unpaired) electrons. The molecule has 152 valence electrons. The SMILES string of the molecule is CN=C(NCC1(c2ccccc2C)CC1)N1CCN(C(=O)C2CCCO2)CC1. The number of aliphatic imine (C=N–C) groups is 1. The number of hydrogen-bond donors (Lipinski definition) is 1. The molecule has 28 heavy (non-hydrogen) atoms. The minimum absolute atomic E-state index is 0.164. The van der Waals surface area contributed by atoms with E-state index in [1.54, 1.807) is 0 Å². The van der Waals surface area contributed by atoms with Gasteiger partial charge in [-0.15, -0.1) is 0 Å². The van der Waals surface area contributed by atoms with Crippen LogP contribution in [0, 0.1) is 6.92 Å². The predicted octanol–water partition coefficient (Wildman–Crippen LogP) is 1.93. The van der Waals surface area contributed by atoms with Gasteiger partial charge in [-0.05, 0) is 43.7 Å². The Hall–Kier alpha value is -2.08. The monoisotopic (exact) mass is 384 g/mol. The third-order valence-corrected chi connectivity index (χ3v) is 6.46. The first-order valence-electron chi connectivity index (χ1n) is 10.5. The molecule has 1 amide bonds. The van der Waals surface area contributed by atoms with Crippen LogP contribution in [-0.4, -0.2) is 74.1 Å². The lowest BCUT2D eigenvalue weighted by Gasteiger charge is -2.37. The van der Waals surface area contributed by atoms with Crippen LogP contribution in [0.2, 0.25) is 0 Å². The van der Waals surface area contributed by atoms with Crippen LogP contribution in [-0.2, 0) is 14.9 Å². The maximum Gasteiger partial charge on any atom is 0.251 e. The smallest absolute Gasteiger partial charge is 0.251 e. The lowest BCUT2D eigenvalue weighted by molar-refractivity contribution is -0.142. The van der Waals surface area contributed by atoms with Crippen molar-refractivity contribution in [2.45, 2.75) is 44.1 Å². The van der Waals surface area contributed by atoms with E-state index in [4.69, 9.17) is 4.74 Å². The van der Waals surface area contributed by atoms with E-state index in [9.17, 15) is 4.79 Å². The fourth-order valence-electron chi connectivity index (χ4n) is 4.56. The molecule has 3 aliphatic rings. The fourth-order valence-corrected chi connectivity index (χ4v) is 4.56. The summed E-state index contributed by atoms with van der Waals surface area (Å²) in [6, 6.07) is 8.72. The first-order valence-corrected chi connectivity index (χ1v) is 10.5. The van der Waals surface area contributed by atoms with Crippen molar-refractivity contribution in [3.05, 3.63) is 35.4 Å². The third kappa shape index (κ3) is 3.88. The van der Waals surface area contributed by atoms with E-state index in [0.717, 1.165) is 58.1 Å². The molecule has 0 spiro atoms. The van der Waals surface area contributed by atoms with Crippen LogP contribution in [0.25, 0.3) is 0 Å². The second-order valence-corrected chi connectivity index (χ2v) is 8.31. The number of amides is 1. The van der Waals surface area contributed by atoms with Crippen LogP contribution in [0.4, 0.5) is 0 Å². The van der Waals surface area contributed by atoms with Crippen molar-refractivity contribution >= 4 is 11.9 Å². The van der Waals surface area contributed by atoms with E-state index in [1.165, 1.54) is 24.0 Å². The van der Waals surface area contributed by atoms with Gasteiger partial charge in [0, 0.05) is 51.8 Å². The van der Waals surface area contributed by atoms with Crippen molar-refractivity contribution in [2.75, 3.05) is 46.4 Å². The van der Waals surface area contributed by atoms with Crippen LogP contribution >= 0.6 is 0 Å². The number of guanidine groups is 1. The normalized spacial score (nSPS) is 24.4. The van der Waals surface area contributed by atoms with Crippen molar-refractivity contribution in [3.63, 3.8) is 0 Å². The van der Waals surface area contributed by atoms with Gasteiger partial charge >= 0.3 is 0 Å². The Bertz CT molecular complexity index is 730. The number of rotatable bonds is 4. The summed E-state index contributed by atoms with van der Waals surface area (Å²) in [4.78, 5) is 21.3. The summed E-state index contributed by atoms with van der Waals surface area (Å²) in [5.41, 5.74) is 3.08. The molecule has 2 aliphatic heterocycles. The first kappa shape index (κ1) is 19.2. The molecule has 1 unspecified atom stereocenters. The number of nitrogens with one attached hydrogen (secondary N) is 1. The highest BCUT2D eigenvalue weighted by molar-refractivity contribution is 5.83. The van der Waals surface area contributed by atoms with Gasteiger partial charge in [-0.25, -0.2) is 0 Å². The van der Waals surface area contributed by atoms with Crippen molar-refractivity contribution < 1.29 is 9.53 Å². The highest BCUT2D eigenvalue weighted by Crippen LogP contribution is 2.48. The van der Waals surface area contributed by atoms with Crippen molar-refractivity contribution in [2.24, 2.45) is 4.99 Å². The Labute approximate surface area is 167 Å². The third-order valence-electron chi connectivity index (χ3n) is 6.46. The molecule has 4 rings (SSSR count). The van der Waals surface area contributed by atoms with Crippen molar-refractivity contribution in [1.82, 2.24) is 15.1 Å². The van der Waals surface area contributed by atoms with Gasteiger partial charge in [0.15, 0.2) is 5.96 Å². The highest BCUT2D eigenvalue weighted by Gasteiger charge is 2.45. The quantitative estimate of drug-likeness (QED) is 0.637. The van der Waals surface area contributed by atoms with Gasteiger partial charge in [0.2, 0.25) is 0 Å². The molecule has 1 aromatic rings. The number of aryl methyl sites for hydroxylation is 1. The van der Waals surface area contributed by atoms with Gasteiger partial charge in [0.25, 0.3) is 5.91 Å². The van der Waals surface area contributed by atoms with Crippen molar-refractivity contribution in [3.8, 4) is 0 Å². The first-order chi connectivity index (χ1) is 13.6. The Kier molecular flexibility index (Phi) is 5.58. The van der Waals surface area contributed by atoms with E-state index in [1.807, 2.05) is 11.9 Å². The summed E-state index contributed by atoms with van der Waals surface area (Å²) in [5.74, 6) is 1.11. The molecule has 6 nitrogen and oxygen atoms in total. The number of piperazine rings is 1. The topological polar surface area (TPSA) is 57.2 Å². The fraction of sp³-hybridized carbons (Fsp3) is 0.636. The van der Waals surface area contributed by atoms with Crippen molar-refractivity contribution in [1.29, 1.82) is 0 Å². The molecule has 0 bridgehead atoms.